The minimum Gasteiger partial charge on any atom is -0.508 e. The van der Waals surface area contributed by atoms with E-state index in [1.807, 2.05) is 24.3 Å². The average Bonchev–Trinajstić information content (AvgIpc) is 2.77. The lowest BCUT2D eigenvalue weighted by molar-refractivity contribution is 0.478. The molecular formula is C30H42O2Si2. The van der Waals surface area contributed by atoms with Gasteiger partial charge in [-0.15, -0.1) is 0 Å². The normalized spacial score (nSPS) is 12.8. The summed E-state index contributed by atoms with van der Waals surface area (Å²) in [6, 6.07) is 25.3. The van der Waals surface area contributed by atoms with Crippen molar-refractivity contribution < 1.29 is 10.2 Å². The molecule has 4 heteroatoms. The number of hydrogen-bond acceptors (Lipinski definition) is 2. The zero-order valence-corrected chi connectivity index (χ0v) is 24.1. The minimum atomic E-state index is -2.26. The van der Waals surface area contributed by atoms with E-state index in [0.717, 1.165) is 10.4 Å². The maximum atomic E-state index is 10.9. The smallest absolute Gasteiger partial charge is 0.127 e. The SMILES string of the molecule is CC(C)[Si](c1ccc([Si](c2ccccc2O)(C(C)C)C(C)C)cc1)(c1ccccc1O)C(C)C. The van der Waals surface area contributed by atoms with Crippen LogP contribution in [0.3, 0.4) is 0 Å². The van der Waals surface area contributed by atoms with E-state index < -0.39 is 16.1 Å². The van der Waals surface area contributed by atoms with Crippen LogP contribution in [0.4, 0.5) is 0 Å². The lowest BCUT2D eigenvalue weighted by Crippen LogP contribution is -2.65. The van der Waals surface area contributed by atoms with Gasteiger partial charge in [0.25, 0.3) is 0 Å². The van der Waals surface area contributed by atoms with Gasteiger partial charge in [-0.05, 0) is 44.7 Å². The fraction of sp³-hybridized carbons (Fsp3) is 0.400. The number of phenolic OH excluding ortho intramolecular Hbond substituents is 2. The summed E-state index contributed by atoms with van der Waals surface area (Å²) in [7, 11) is -4.52. The van der Waals surface area contributed by atoms with Gasteiger partial charge in [0.15, 0.2) is 0 Å². The molecule has 0 aliphatic rings. The van der Waals surface area contributed by atoms with E-state index in [9.17, 15) is 10.2 Å². The Morgan fingerprint density at radius 1 is 0.441 bits per heavy atom. The molecule has 0 aliphatic carbocycles. The van der Waals surface area contributed by atoms with Crippen LogP contribution in [0, 0.1) is 0 Å². The largest absolute Gasteiger partial charge is 0.508 e. The standard InChI is InChI=1S/C30H42O2Si2/c1-21(2)33(22(3)4,29-15-11-9-13-27(29)31)25-17-19-26(20-18-25)34(23(5)6,24(7)8)30-16-12-10-14-28(30)32/h9-24,31-32H,1-8H3. The fourth-order valence-corrected chi connectivity index (χ4v) is 18.5. The van der Waals surface area contributed by atoms with Crippen LogP contribution in [0.1, 0.15) is 55.4 Å². The molecule has 0 bridgehead atoms. The van der Waals surface area contributed by atoms with Crippen LogP contribution in [0.2, 0.25) is 22.2 Å². The van der Waals surface area contributed by atoms with Crippen molar-refractivity contribution in [3.63, 3.8) is 0 Å². The van der Waals surface area contributed by atoms with Gasteiger partial charge in [0.1, 0.15) is 27.6 Å². The molecule has 3 aromatic carbocycles. The topological polar surface area (TPSA) is 40.5 Å². The molecule has 0 radical (unpaired) electrons. The maximum Gasteiger partial charge on any atom is 0.127 e. The van der Waals surface area contributed by atoms with Crippen LogP contribution in [-0.2, 0) is 0 Å². The first-order chi connectivity index (χ1) is 16.0. The molecule has 3 aromatic rings. The number of rotatable bonds is 8. The molecular weight excluding hydrogens is 449 g/mol. The van der Waals surface area contributed by atoms with Gasteiger partial charge in [0.05, 0.1) is 0 Å². The Morgan fingerprint density at radius 2 is 0.706 bits per heavy atom. The number of para-hydroxylation sites is 2. The van der Waals surface area contributed by atoms with Crippen molar-refractivity contribution in [1.82, 2.24) is 0 Å². The summed E-state index contributed by atoms with van der Waals surface area (Å²) in [6.07, 6.45) is 0. The average molecular weight is 491 g/mol. The number of hydrogen-bond donors (Lipinski definition) is 2. The fourth-order valence-electron chi connectivity index (χ4n) is 6.89. The molecule has 0 fully saturated rings. The van der Waals surface area contributed by atoms with Gasteiger partial charge in [0.2, 0.25) is 0 Å². The van der Waals surface area contributed by atoms with Crippen molar-refractivity contribution in [1.29, 1.82) is 0 Å². The van der Waals surface area contributed by atoms with Crippen molar-refractivity contribution in [2.45, 2.75) is 77.6 Å². The first-order valence-corrected chi connectivity index (χ1v) is 17.0. The molecule has 0 aromatic heterocycles. The first kappa shape index (κ1) is 26.3. The van der Waals surface area contributed by atoms with Crippen LogP contribution >= 0.6 is 0 Å². The highest BCUT2D eigenvalue weighted by Crippen LogP contribution is 2.36. The van der Waals surface area contributed by atoms with Gasteiger partial charge >= 0.3 is 0 Å². The van der Waals surface area contributed by atoms with Gasteiger partial charge in [-0.2, -0.15) is 0 Å². The second-order valence-electron chi connectivity index (χ2n) is 11.0. The lowest BCUT2D eigenvalue weighted by atomic mass is 10.3. The van der Waals surface area contributed by atoms with Crippen LogP contribution in [-0.4, -0.2) is 26.4 Å². The van der Waals surface area contributed by atoms with E-state index in [2.05, 4.69) is 104 Å². The van der Waals surface area contributed by atoms with Gasteiger partial charge in [0, 0.05) is 0 Å². The zero-order chi connectivity index (χ0) is 25.3. The maximum absolute atomic E-state index is 10.9. The summed E-state index contributed by atoms with van der Waals surface area (Å²) in [5.74, 6) is 0.839. The summed E-state index contributed by atoms with van der Waals surface area (Å²) in [6.45, 7) is 18.5. The second-order valence-corrected chi connectivity index (χ2v) is 21.3. The molecule has 0 spiro atoms. The molecule has 0 unspecified atom stereocenters. The summed E-state index contributed by atoms with van der Waals surface area (Å²) in [4.78, 5) is 0. The number of phenols is 2. The summed E-state index contributed by atoms with van der Waals surface area (Å²) in [5, 5.41) is 26.9. The van der Waals surface area contributed by atoms with Crippen molar-refractivity contribution in [3.05, 3.63) is 72.8 Å². The third-order valence-electron chi connectivity index (χ3n) is 8.18. The molecule has 0 amide bonds. The first-order valence-electron chi connectivity index (χ1n) is 12.7. The van der Waals surface area contributed by atoms with E-state index in [4.69, 9.17) is 0 Å². The Kier molecular flexibility index (Phi) is 7.83. The van der Waals surface area contributed by atoms with E-state index >= 15 is 0 Å². The summed E-state index contributed by atoms with van der Waals surface area (Å²) < 4.78 is 0. The van der Waals surface area contributed by atoms with Crippen LogP contribution in [0.25, 0.3) is 0 Å². The molecule has 0 aliphatic heterocycles. The summed E-state index contributed by atoms with van der Waals surface area (Å²) in [5.41, 5.74) is 1.73. The molecule has 0 saturated carbocycles. The van der Waals surface area contributed by atoms with Gasteiger partial charge < -0.3 is 10.2 Å². The summed E-state index contributed by atoms with van der Waals surface area (Å²) >= 11 is 0. The third-order valence-corrected chi connectivity index (χ3v) is 20.7. The molecule has 34 heavy (non-hydrogen) atoms. The molecule has 3 rings (SSSR count). The highest BCUT2D eigenvalue weighted by molar-refractivity contribution is 7.06. The molecule has 2 nitrogen and oxygen atoms in total. The van der Waals surface area contributed by atoms with E-state index in [0.29, 0.717) is 33.7 Å². The highest BCUT2D eigenvalue weighted by Gasteiger charge is 2.47. The highest BCUT2D eigenvalue weighted by atomic mass is 28.3. The minimum absolute atomic E-state index is 0.419. The second kappa shape index (κ2) is 10.1. The van der Waals surface area contributed by atoms with Crippen molar-refractivity contribution in [2.75, 3.05) is 0 Å². The predicted molar refractivity (Wildman–Crippen MR) is 153 cm³/mol. The van der Waals surface area contributed by atoms with Gasteiger partial charge in [-0.1, -0.05) is 126 Å². The number of benzene rings is 3. The molecule has 0 saturated heterocycles. The Balaban J connectivity index is 2.28. The van der Waals surface area contributed by atoms with Gasteiger partial charge in [-0.25, -0.2) is 0 Å². The van der Waals surface area contributed by atoms with Crippen molar-refractivity contribution >= 4 is 36.9 Å². The van der Waals surface area contributed by atoms with Crippen LogP contribution in [0.5, 0.6) is 11.5 Å². The third kappa shape index (κ3) is 4.05. The molecule has 182 valence electrons. The Morgan fingerprint density at radius 3 is 0.941 bits per heavy atom. The Bertz CT molecular complexity index is 996. The molecule has 2 N–H and O–H groups in total. The van der Waals surface area contributed by atoms with E-state index in [1.54, 1.807) is 0 Å². The Hall–Kier alpha value is -2.31. The zero-order valence-electron chi connectivity index (χ0n) is 22.1. The quantitative estimate of drug-likeness (QED) is 0.388. The number of aromatic hydroxyl groups is 2. The molecule has 0 heterocycles. The lowest BCUT2D eigenvalue weighted by Gasteiger charge is -2.43. The molecule has 0 atom stereocenters. The van der Waals surface area contributed by atoms with Gasteiger partial charge in [-0.3, -0.25) is 0 Å². The van der Waals surface area contributed by atoms with Crippen molar-refractivity contribution in [3.8, 4) is 11.5 Å². The van der Waals surface area contributed by atoms with E-state index in [1.165, 1.54) is 10.4 Å². The Labute approximate surface area is 208 Å². The van der Waals surface area contributed by atoms with Crippen LogP contribution in [0.15, 0.2) is 72.8 Å². The van der Waals surface area contributed by atoms with Crippen molar-refractivity contribution in [2.24, 2.45) is 0 Å². The van der Waals surface area contributed by atoms with E-state index in [-0.39, 0.29) is 0 Å². The monoisotopic (exact) mass is 490 g/mol. The predicted octanol–water partition coefficient (Wildman–Crippen LogP) is 5.86. The van der Waals surface area contributed by atoms with Crippen LogP contribution < -0.4 is 20.7 Å².